The largest absolute Gasteiger partial charge is 0.490 e. The highest BCUT2D eigenvalue weighted by Crippen LogP contribution is 2.22. The van der Waals surface area contributed by atoms with Crippen LogP contribution in [-0.4, -0.2) is 17.1 Å². The summed E-state index contributed by atoms with van der Waals surface area (Å²) in [4.78, 5) is 0. The maximum absolute atomic E-state index is 8.67. The maximum atomic E-state index is 8.67. The van der Waals surface area contributed by atoms with E-state index in [0.29, 0.717) is 11.5 Å². The van der Waals surface area contributed by atoms with Crippen molar-refractivity contribution in [3.63, 3.8) is 0 Å². The normalized spacial score (nSPS) is 13.7. The van der Waals surface area contributed by atoms with Crippen molar-refractivity contribution in [2.75, 3.05) is 0 Å². The van der Waals surface area contributed by atoms with Crippen molar-refractivity contribution >= 4 is 5.84 Å². The zero-order valence-electron chi connectivity index (χ0n) is 11.5. The molecule has 1 aromatic rings. The average Bonchev–Trinajstić information content (AvgIpc) is 2.30. The van der Waals surface area contributed by atoms with Crippen LogP contribution in [0.25, 0.3) is 0 Å². The number of ether oxygens (including phenoxy) is 1. The molecule has 0 fully saturated rings. The molecule has 0 amide bonds. The van der Waals surface area contributed by atoms with Crippen LogP contribution in [0.5, 0.6) is 5.75 Å². The minimum absolute atomic E-state index is 0.0939. The third kappa shape index (κ3) is 3.95. The molecule has 100 valence electrons. The number of nitrogens with two attached hydrogens (primary N) is 1. The molecule has 0 aliphatic carbocycles. The van der Waals surface area contributed by atoms with Gasteiger partial charge in [-0.15, -0.1) is 0 Å². The van der Waals surface area contributed by atoms with E-state index in [9.17, 15) is 0 Å². The number of rotatable bonds is 5. The highest BCUT2D eigenvalue weighted by atomic mass is 16.5. The fourth-order valence-corrected chi connectivity index (χ4v) is 1.87. The summed E-state index contributed by atoms with van der Waals surface area (Å²) in [6.45, 7) is 8.36. The first-order chi connectivity index (χ1) is 8.43. The lowest BCUT2D eigenvalue weighted by Gasteiger charge is -2.18. The summed E-state index contributed by atoms with van der Waals surface area (Å²) in [5.41, 5.74) is 7.27. The Morgan fingerprint density at radius 2 is 2.06 bits per heavy atom. The zero-order chi connectivity index (χ0) is 13.7. The molecule has 4 heteroatoms. The molecule has 0 aromatic heterocycles. The summed E-state index contributed by atoms with van der Waals surface area (Å²) >= 11 is 0. The second kappa shape index (κ2) is 6.28. The van der Waals surface area contributed by atoms with Gasteiger partial charge in [-0.3, -0.25) is 0 Å². The van der Waals surface area contributed by atoms with Crippen LogP contribution in [0.2, 0.25) is 0 Å². The van der Waals surface area contributed by atoms with Crippen molar-refractivity contribution in [3.8, 4) is 5.75 Å². The van der Waals surface area contributed by atoms with Gasteiger partial charge in [0.05, 0.1) is 6.10 Å². The van der Waals surface area contributed by atoms with E-state index in [0.717, 1.165) is 17.7 Å². The average molecular weight is 250 g/mol. The van der Waals surface area contributed by atoms with Crippen molar-refractivity contribution in [2.24, 2.45) is 16.8 Å². The smallest absolute Gasteiger partial charge is 0.170 e. The van der Waals surface area contributed by atoms with Crippen LogP contribution in [0, 0.1) is 12.8 Å². The summed E-state index contributed by atoms with van der Waals surface area (Å²) in [7, 11) is 0. The molecule has 0 aliphatic heterocycles. The molecular weight excluding hydrogens is 228 g/mol. The summed E-state index contributed by atoms with van der Waals surface area (Å²) < 4.78 is 5.90. The Morgan fingerprint density at radius 1 is 1.39 bits per heavy atom. The molecule has 0 heterocycles. The second-order valence-corrected chi connectivity index (χ2v) is 5.02. The Morgan fingerprint density at radius 3 is 2.61 bits per heavy atom. The van der Waals surface area contributed by atoms with E-state index in [2.05, 4.69) is 25.9 Å². The monoisotopic (exact) mass is 250 g/mol. The number of aryl methyl sites for hydroxylation is 1. The van der Waals surface area contributed by atoms with Crippen molar-refractivity contribution in [2.45, 2.75) is 40.2 Å². The SMILES string of the molecule is Cc1ccc(/C(N)=N/O)cc1OC(C)CC(C)C. The van der Waals surface area contributed by atoms with Gasteiger partial charge >= 0.3 is 0 Å². The first-order valence-electron chi connectivity index (χ1n) is 6.19. The van der Waals surface area contributed by atoms with Gasteiger partial charge in [0.2, 0.25) is 0 Å². The Labute approximate surface area is 108 Å². The van der Waals surface area contributed by atoms with Gasteiger partial charge in [0.1, 0.15) is 5.75 Å². The molecular formula is C14H22N2O2. The number of nitrogens with zero attached hydrogens (tertiary/aromatic N) is 1. The lowest BCUT2D eigenvalue weighted by Crippen LogP contribution is -2.17. The molecule has 0 bridgehead atoms. The third-order valence-corrected chi connectivity index (χ3v) is 2.72. The Hall–Kier alpha value is -1.71. The molecule has 4 nitrogen and oxygen atoms in total. The van der Waals surface area contributed by atoms with E-state index in [-0.39, 0.29) is 11.9 Å². The summed E-state index contributed by atoms with van der Waals surface area (Å²) in [5.74, 6) is 1.47. The molecule has 18 heavy (non-hydrogen) atoms. The molecule has 1 aromatic carbocycles. The minimum Gasteiger partial charge on any atom is -0.490 e. The summed E-state index contributed by atoms with van der Waals surface area (Å²) in [6.07, 6.45) is 1.14. The first-order valence-corrected chi connectivity index (χ1v) is 6.19. The molecule has 1 unspecified atom stereocenters. The number of hydrogen-bond acceptors (Lipinski definition) is 3. The molecule has 1 atom stereocenters. The predicted molar refractivity (Wildman–Crippen MR) is 73.2 cm³/mol. The Bertz CT molecular complexity index is 428. The van der Waals surface area contributed by atoms with E-state index in [1.54, 1.807) is 6.07 Å². The van der Waals surface area contributed by atoms with Gasteiger partial charge in [-0.2, -0.15) is 0 Å². The maximum Gasteiger partial charge on any atom is 0.170 e. The number of oxime groups is 1. The third-order valence-electron chi connectivity index (χ3n) is 2.72. The lowest BCUT2D eigenvalue weighted by atomic mass is 10.1. The van der Waals surface area contributed by atoms with Gasteiger partial charge in [0.25, 0.3) is 0 Å². The molecule has 0 spiro atoms. The van der Waals surface area contributed by atoms with Gasteiger partial charge in [-0.1, -0.05) is 31.1 Å². The van der Waals surface area contributed by atoms with Gasteiger partial charge in [0, 0.05) is 5.56 Å². The molecule has 0 saturated carbocycles. The highest BCUT2D eigenvalue weighted by Gasteiger charge is 2.10. The van der Waals surface area contributed by atoms with E-state index < -0.39 is 0 Å². The van der Waals surface area contributed by atoms with Gasteiger partial charge in [0.15, 0.2) is 5.84 Å². The van der Waals surface area contributed by atoms with Crippen LogP contribution in [0.4, 0.5) is 0 Å². The summed E-state index contributed by atoms with van der Waals surface area (Å²) in [6, 6.07) is 5.52. The van der Waals surface area contributed by atoms with Gasteiger partial charge < -0.3 is 15.7 Å². The molecule has 3 N–H and O–H groups in total. The van der Waals surface area contributed by atoms with E-state index >= 15 is 0 Å². The first kappa shape index (κ1) is 14.4. The van der Waals surface area contributed by atoms with Crippen molar-refractivity contribution in [3.05, 3.63) is 29.3 Å². The van der Waals surface area contributed by atoms with Crippen LogP contribution in [-0.2, 0) is 0 Å². The fourth-order valence-electron chi connectivity index (χ4n) is 1.87. The number of hydrogen-bond donors (Lipinski definition) is 2. The number of benzene rings is 1. The Balaban J connectivity index is 2.88. The van der Waals surface area contributed by atoms with Crippen LogP contribution in [0.1, 0.15) is 38.3 Å². The van der Waals surface area contributed by atoms with Crippen molar-refractivity contribution in [1.82, 2.24) is 0 Å². The molecule has 1 rings (SSSR count). The summed E-state index contributed by atoms with van der Waals surface area (Å²) in [5, 5.41) is 11.7. The standard InChI is InChI=1S/C14H22N2O2/c1-9(2)7-11(4)18-13-8-12(14(15)16-17)6-5-10(13)3/h5-6,8-9,11,17H,7H2,1-4H3,(H2,15,16). The van der Waals surface area contributed by atoms with E-state index in [1.165, 1.54) is 0 Å². The van der Waals surface area contributed by atoms with E-state index in [4.69, 9.17) is 15.7 Å². The quantitative estimate of drug-likeness (QED) is 0.365. The van der Waals surface area contributed by atoms with Crippen LogP contribution in [0.3, 0.4) is 0 Å². The topological polar surface area (TPSA) is 67.8 Å². The van der Waals surface area contributed by atoms with Crippen LogP contribution in [0.15, 0.2) is 23.4 Å². The van der Waals surface area contributed by atoms with Crippen LogP contribution < -0.4 is 10.5 Å². The molecule has 0 aliphatic rings. The zero-order valence-corrected chi connectivity index (χ0v) is 11.5. The van der Waals surface area contributed by atoms with Gasteiger partial charge in [-0.05, 0) is 37.8 Å². The second-order valence-electron chi connectivity index (χ2n) is 5.02. The van der Waals surface area contributed by atoms with Crippen molar-refractivity contribution in [1.29, 1.82) is 0 Å². The van der Waals surface area contributed by atoms with E-state index in [1.807, 2.05) is 19.1 Å². The fraction of sp³-hybridized carbons (Fsp3) is 0.500. The number of amidine groups is 1. The lowest BCUT2D eigenvalue weighted by molar-refractivity contribution is 0.192. The molecule has 0 saturated heterocycles. The minimum atomic E-state index is 0.0939. The molecule has 0 radical (unpaired) electrons. The predicted octanol–water partition coefficient (Wildman–Crippen LogP) is 2.90. The van der Waals surface area contributed by atoms with Gasteiger partial charge in [-0.25, -0.2) is 0 Å². The van der Waals surface area contributed by atoms with Crippen LogP contribution >= 0.6 is 0 Å². The van der Waals surface area contributed by atoms with Crippen molar-refractivity contribution < 1.29 is 9.94 Å². The highest BCUT2D eigenvalue weighted by molar-refractivity contribution is 5.97. The Kier molecular flexibility index (Phi) is 5.01.